The van der Waals surface area contributed by atoms with Crippen LogP contribution in [0, 0.1) is 0 Å². The molecule has 17 heavy (non-hydrogen) atoms. The Morgan fingerprint density at radius 1 is 1.00 bits per heavy atom. The van der Waals surface area contributed by atoms with Crippen molar-refractivity contribution in [2.45, 2.75) is 0 Å². The number of nitrogens with zero attached hydrogens (tertiary/aromatic N) is 1. The Morgan fingerprint density at radius 3 is 2.59 bits per heavy atom. The number of hydrogen-bond donors (Lipinski definition) is 0. The fourth-order valence-electron chi connectivity index (χ4n) is 1.73. The molecule has 0 aliphatic rings. The van der Waals surface area contributed by atoms with Crippen molar-refractivity contribution in [1.82, 2.24) is 4.98 Å². The van der Waals surface area contributed by atoms with Gasteiger partial charge in [0.2, 0.25) is 0 Å². The predicted octanol–water partition coefficient (Wildman–Crippen LogP) is 3.43. The summed E-state index contributed by atoms with van der Waals surface area (Å²) in [6.45, 7) is 0. The van der Waals surface area contributed by atoms with E-state index in [1.165, 1.54) is 0 Å². The first-order valence-corrected chi connectivity index (χ1v) is 6.02. The van der Waals surface area contributed by atoms with Crippen molar-refractivity contribution in [2.75, 3.05) is 0 Å². The Labute approximate surface area is 104 Å². The predicted molar refractivity (Wildman–Crippen MR) is 71.4 cm³/mol. The Kier molecular flexibility index (Phi) is 2.57. The van der Waals surface area contributed by atoms with Gasteiger partial charge in [0, 0.05) is 0 Å². The van der Waals surface area contributed by atoms with Crippen molar-refractivity contribution in [3.8, 4) is 16.3 Å². The van der Waals surface area contributed by atoms with Gasteiger partial charge in [0.15, 0.2) is 0 Å². The van der Waals surface area contributed by atoms with Gasteiger partial charge < -0.3 is 4.65 Å². The minimum absolute atomic E-state index is 0.645. The van der Waals surface area contributed by atoms with E-state index in [0.717, 1.165) is 20.8 Å². The third-order valence-electron chi connectivity index (χ3n) is 2.54. The summed E-state index contributed by atoms with van der Waals surface area (Å²) in [5.74, 6) is 0.645. The maximum absolute atomic E-state index is 5.26. The van der Waals surface area contributed by atoms with Gasteiger partial charge in [-0.05, 0) is 24.3 Å². The third-order valence-corrected chi connectivity index (χ3v) is 3.61. The molecule has 0 aliphatic heterocycles. The second-order valence-electron chi connectivity index (χ2n) is 3.60. The van der Waals surface area contributed by atoms with E-state index in [9.17, 15) is 0 Å². The highest BCUT2D eigenvalue weighted by atomic mass is 32.1. The molecular weight excluding hydrogens is 229 g/mol. The molecule has 0 saturated carbocycles. The first kappa shape index (κ1) is 10.4. The van der Waals surface area contributed by atoms with Gasteiger partial charge >= 0.3 is 8.05 Å². The molecule has 0 bridgehead atoms. The van der Waals surface area contributed by atoms with Crippen LogP contribution < -0.4 is 4.65 Å². The summed E-state index contributed by atoms with van der Waals surface area (Å²) >= 11 is 1.63. The highest BCUT2D eigenvalue weighted by Crippen LogP contribution is 2.35. The van der Waals surface area contributed by atoms with Crippen LogP contribution in [0.4, 0.5) is 0 Å². The van der Waals surface area contributed by atoms with Crippen molar-refractivity contribution in [3.63, 3.8) is 0 Å². The molecule has 1 heterocycles. The van der Waals surface area contributed by atoms with E-state index in [2.05, 4.69) is 11.1 Å². The summed E-state index contributed by atoms with van der Waals surface area (Å²) in [5.41, 5.74) is 1.93. The van der Waals surface area contributed by atoms with Gasteiger partial charge in [-0.15, -0.1) is 11.3 Å². The van der Waals surface area contributed by atoms with Crippen molar-refractivity contribution in [2.24, 2.45) is 0 Å². The van der Waals surface area contributed by atoms with E-state index in [-0.39, 0.29) is 0 Å². The third kappa shape index (κ3) is 1.81. The van der Waals surface area contributed by atoms with Crippen LogP contribution >= 0.6 is 11.3 Å². The first-order chi connectivity index (χ1) is 8.38. The van der Waals surface area contributed by atoms with E-state index in [1.54, 1.807) is 11.3 Å². The fourth-order valence-corrected chi connectivity index (χ4v) is 2.73. The number of thiazole rings is 1. The van der Waals surface area contributed by atoms with Gasteiger partial charge in [0.05, 0.1) is 15.8 Å². The normalized spacial score (nSPS) is 10.6. The van der Waals surface area contributed by atoms with Gasteiger partial charge in [0.1, 0.15) is 10.8 Å². The average molecular weight is 237 g/mol. The zero-order chi connectivity index (χ0) is 11.7. The standard InChI is InChI=1S/C13H8BNOS/c14-16-11-7-3-1-5-9(11)13-15-10-6-2-4-8-12(10)17-13/h1-8H. The summed E-state index contributed by atoms with van der Waals surface area (Å²) in [7, 11) is 5.26. The van der Waals surface area contributed by atoms with Crippen LogP contribution in [0.25, 0.3) is 20.8 Å². The lowest BCUT2D eigenvalue weighted by molar-refractivity contribution is 0.618. The Bertz CT molecular complexity index is 632. The minimum atomic E-state index is 0.645. The van der Waals surface area contributed by atoms with Crippen molar-refractivity contribution >= 4 is 29.6 Å². The molecule has 3 rings (SSSR count). The summed E-state index contributed by atoms with van der Waals surface area (Å²) in [5, 5.41) is 0.923. The Hall–Kier alpha value is -1.81. The first-order valence-electron chi connectivity index (χ1n) is 5.20. The number of aromatic nitrogens is 1. The molecule has 0 spiro atoms. The lowest BCUT2D eigenvalue weighted by atomic mass is 10.2. The number of rotatable bonds is 2. The molecule has 1 aromatic heterocycles. The Balaban J connectivity index is 2.20. The summed E-state index contributed by atoms with van der Waals surface area (Å²) in [6, 6.07) is 15.7. The molecule has 0 saturated heterocycles. The van der Waals surface area contributed by atoms with Gasteiger partial charge in [0.25, 0.3) is 0 Å². The summed E-state index contributed by atoms with van der Waals surface area (Å²) in [4.78, 5) is 4.57. The zero-order valence-electron chi connectivity index (χ0n) is 8.96. The molecule has 4 heteroatoms. The number of fused-ring (bicyclic) bond motifs is 1. The molecule has 2 aromatic carbocycles. The maximum atomic E-state index is 5.26. The van der Waals surface area contributed by atoms with E-state index in [0.29, 0.717) is 5.75 Å². The lowest BCUT2D eigenvalue weighted by Crippen LogP contribution is -1.88. The van der Waals surface area contributed by atoms with Crippen LogP contribution in [0.5, 0.6) is 5.75 Å². The van der Waals surface area contributed by atoms with Crippen molar-refractivity contribution < 1.29 is 4.65 Å². The van der Waals surface area contributed by atoms with E-state index in [1.807, 2.05) is 42.5 Å². The van der Waals surface area contributed by atoms with Crippen LogP contribution in [0.15, 0.2) is 48.5 Å². The van der Waals surface area contributed by atoms with Crippen LogP contribution in [0.1, 0.15) is 0 Å². The summed E-state index contributed by atoms with van der Waals surface area (Å²) < 4.78 is 6.02. The fraction of sp³-hybridized carbons (Fsp3) is 0. The molecule has 0 unspecified atom stereocenters. The second kappa shape index (κ2) is 4.22. The number of benzene rings is 2. The molecule has 0 fully saturated rings. The smallest absolute Gasteiger partial charge is 0.374 e. The molecule has 0 N–H and O–H groups in total. The lowest BCUT2D eigenvalue weighted by Gasteiger charge is -2.04. The number of para-hydroxylation sites is 2. The maximum Gasteiger partial charge on any atom is 0.374 e. The molecule has 0 aliphatic carbocycles. The van der Waals surface area contributed by atoms with E-state index >= 15 is 0 Å². The van der Waals surface area contributed by atoms with Gasteiger partial charge in [-0.3, -0.25) is 0 Å². The van der Waals surface area contributed by atoms with Crippen LogP contribution in [-0.2, 0) is 0 Å². The molecule has 0 amide bonds. The molecule has 0 atom stereocenters. The SMILES string of the molecule is [B]Oc1ccccc1-c1nc2ccccc2s1. The molecule has 80 valence electrons. The van der Waals surface area contributed by atoms with E-state index < -0.39 is 0 Å². The zero-order valence-corrected chi connectivity index (χ0v) is 9.78. The highest BCUT2D eigenvalue weighted by molar-refractivity contribution is 7.21. The molecule has 2 radical (unpaired) electrons. The van der Waals surface area contributed by atoms with Crippen molar-refractivity contribution in [3.05, 3.63) is 48.5 Å². The van der Waals surface area contributed by atoms with Crippen LogP contribution in [0.2, 0.25) is 0 Å². The van der Waals surface area contributed by atoms with E-state index in [4.69, 9.17) is 12.7 Å². The van der Waals surface area contributed by atoms with Crippen molar-refractivity contribution in [1.29, 1.82) is 0 Å². The van der Waals surface area contributed by atoms with Gasteiger partial charge in [-0.2, -0.15) is 0 Å². The van der Waals surface area contributed by atoms with Crippen LogP contribution in [0.3, 0.4) is 0 Å². The largest absolute Gasteiger partial charge is 0.567 e. The monoisotopic (exact) mass is 237 g/mol. The van der Waals surface area contributed by atoms with Gasteiger partial charge in [-0.1, -0.05) is 24.3 Å². The summed E-state index contributed by atoms with van der Waals surface area (Å²) in [6.07, 6.45) is 0. The van der Waals surface area contributed by atoms with Crippen LogP contribution in [-0.4, -0.2) is 13.0 Å². The van der Waals surface area contributed by atoms with Gasteiger partial charge in [-0.25, -0.2) is 4.98 Å². The topological polar surface area (TPSA) is 22.1 Å². The number of hydrogen-bond acceptors (Lipinski definition) is 3. The molecule has 2 nitrogen and oxygen atoms in total. The minimum Gasteiger partial charge on any atom is -0.567 e. The molecule has 3 aromatic rings. The highest BCUT2D eigenvalue weighted by Gasteiger charge is 2.09. The molecular formula is C13H8BNOS. The quantitative estimate of drug-likeness (QED) is 0.637. The second-order valence-corrected chi connectivity index (χ2v) is 4.63. The average Bonchev–Trinajstić information content (AvgIpc) is 2.82. The Morgan fingerprint density at radius 2 is 1.76 bits per heavy atom.